The first-order valence-corrected chi connectivity index (χ1v) is 4.55. The van der Waals surface area contributed by atoms with E-state index in [1.807, 2.05) is 0 Å². The van der Waals surface area contributed by atoms with Crippen LogP contribution in [0.4, 0.5) is 0 Å². The minimum atomic E-state index is -0.832. The first kappa shape index (κ1) is 12.7. The fourth-order valence-electron chi connectivity index (χ4n) is 0.802. The molecule has 0 aromatic carbocycles. The van der Waals surface area contributed by atoms with Crippen molar-refractivity contribution in [1.29, 1.82) is 0 Å². The monoisotopic (exact) mass is 200 g/mol. The molecule has 0 aliphatic heterocycles. The Morgan fingerprint density at radius 1 is 1.00 bits per heavy atom. The molecule has 4 heteroatoms. The van der Waals surface area contributed by atoms with Gasteiger partial charge in [-0.2, -0.15) is 0 Å². The van der Waals surface area contributed by atoms with Gasteiger partial charge in [-0.1, -0.05) is 26.0 Å². The molecule has 0 aromatic heterocycles. The molecule has 0 heterocycles. The third-order valence-corrected chi connectivity index (χ3v) is 1.99. The molecule has 14 heavy (non-hydrogen) atoms. The third kappa shape index (κ3) is 5.35. The molecule has 0 unspecified atom stereocenters. The van der Waals surface area contributed by atoms with Gasteiger partial charge in [0.2, 0.25) is 0 Å². The van der Waals surface area contributed by atoms with Crippen LogP contribution < -0.4 is 0 Å². The van der Waals surface area contributed by atoms with Crippen molar-refractivity contribution in [3.63, 3.8) is 0 Å². The van der Waals surface area contributed by atoms with E-state index in [1.54, 1.807) is 26.0 Å². The molecule has 0 rings (SSSR count). The standard InChI is InChI=1S/C10H16O4/c1-7(9(11)12)5-3-4-6-8(2)10(13)14/h3-4,7-8H,5-6H2,1-2H3,(H,11,12)(H,13,14)/b4-3+/t7-,8+. The Balaban J connectivity index is 3.74. The second kappa shape index (κ2) is 6.18. The molecular formula is C10H16O4. The van der Waals surface area contributed by atoms with Crippen molar-refractivity contribution in [1.82, 2.24) is 0 Å². The van der Waals surface area contributed by atoms with Gasteiger partial charge in [0.1, 0.15) is 0 Å². The summed E-state index contributed by atoms with van der Waals surface area (Å²) < 4.78 is 0. The number of aliphatic carboxylic acids is 2. The van der Waals surface area contributed by atoms with E-state index < -0.39 is 23.8 Å². The summed E-state index contributed by atoms with van der Waals surface area (Å²) in [7, 11) is 0. The van der Waals surface area contributed by atoms with Crippen LogP contribution in [-0.4, -0.2) is 22.2 Å². The van der Waals surface area contributed by atoms with Gasteiger partial charge in [-0.25, -0.2) is 0 Å². The summed E-state index contributed by atoms with van der Waals surface area (Å²) in [6.45, 7) is 3.24. The third-order valence-electron chi connectivity index (χ3n) is 1.99. The lowest BCUT2D eigenvalue weighted by Crippen LogP contribution is -2.09. The summed E-state index contributed by atoms with van der Waals surface area (Å²) >= 11 is 0. The largest absolute Gasteiger partial charge is 0.481 e. The van der Waals surface area contributed by atoms with Crippen molar-refractivity contribution in [2.75, 3.05) is 0 Å². The zero-order valence-corrected chi connectivity index (χ0v) is 8.43. The Kier molecular flexibility index (Phi) is 5.60. The summed E-state index contributed by atoms with van der Waals surface area (Å²) in [5, 5.41) is 17.1. The van der Waals surface area contributed by atoms with Crippen molar-refractivity contribution in [3.8, 4) is 0 Å². The van der Waals surface area contributed by atoms with Crippen LogP contribution in [0.15, 0.2) is 12.2 Å². The minimum absolute atomic E-state index is 0.411. The van der Waals surface area contributed by atoms with Crippen molar-refractivity contribution >= 4 is 11.9 Å². The number of carbonyl (C=O) groups is 2. The summed E-state index contributed by atoms with van der Waals surface area (Å²) in [4.78, 5) is 20.8. The molecule has 0 bridgehead atoms. The van der Waals surface area contributed by atoms with E-state index in [-0.39, 0.29) is 0 Å². The van der Waals surface area contributed by atoms with E-state index >= 15 is 0 Å². The van der Waals surface area contributed by atoms with Gasteiger partial charge in [0.25, 0.3) is 0 Å². The van der Waals surface area contributed by atoms with Gasteiger partial charge in [0.15, 0.2) is 0 Å². The number of hydrogen-bond acceptors (Lipinski definition) is 2. The van der Waals surface area contributed by atoms with Gasteiger partial charge in [-0.05, 0) is 12.8 Å². The number of carboxylic acid groups (broad SMARTS) is 2. The minimum Gasteiger partial charge on any atom is -0.481 e. The molecule has 0 saturated carbocycles. The molecule has 2 N–H and O–H groups in total. The predicted molar refractivity (Wildman–Crippen MR) is 52.0 cm³/mol. The molecule has 0 amide bonds. The number of allylic oxidation sites excluding steroid dienone is 2. The maximum absolute atomic E-state index is 10.4. The quantitative estimate of drug-likeness (QED) is 0.641. The lowest BCUT2D eigenvalue weighted by Gasteiger charge is -2.02. The molecule has 0 aliphatic rings. The van der Waals surface area contributed by atoms with Gasteiger partial charge in [-0.15, -0.1) is 0 Å². The van der Waals surface area contributed by atoms with Crippen molar-refractivity contribution in [2.24, 2.45) is 11.8 Å². The first-order chi connectivity index (χ1) is 6.45. The second-order valence-electron chi connectivity index (χ2n) is 3.42. The SMILES string of the molecule is C[C@H](C/C=C/C[C@H](C)C(=O)O)C(=O)O. The van der Waals surface area contributed by atoms with Crippen LogP contribution in [0.25, 0.3) is 0 Å². The van der Waals surface area contributed by atoms with Crippen LogP contribution in [0.3, 0.4) is 0 Å². The predicted octanol–water partition coefficient (Wildman–Crippen LogP) is 1.76. The molecule has 2 atom stereocenters. The van der Waals surface area contributed by atoms with Crippen LogP contribution in [0.1, 0.15) is 26.7 Å². The fraction of sp³-hybridized carbons (Fsp3) is 0.600. The topological polar surface area (TPSA) is 74.6 Å². The van der Waals surface area contributed by atoms with Gasteiger partial charge in [0, 0.05) is 0 Å². The van der Waals surface area contributed by atoms with Crippen molar-refractivity contribution < 1.29 is 19.8 Å². The molecule has 0 aromatic rings. The maximum atomic E-state index is 10.4. The van der Waals surface area contributed by atoms with Crippen LogP contribution in [0.2, 0.25) is 0 Å². The van der Waals surface area contributed by atoms with E-state index in [1.165, 1.54) is 0 Å². The number of hydrogen-bond donors (Lipinski definition) is 2. The van der Waals surface area contributed by atoms with Crippen LogP contribution in [0.5, 0.6) is 0 Å². The average molecular weight is 200 g/mol. The highest BCUT2D eigenvalue weighted by atomic mass is 16.4. The Bertz CT molecular complexity index is 208. The molecule has 0 aliphatic carbocycles. The molecule has 0 spiro atoms. The molecular weight excluding hydrogens is 184 g/mol. The number of carboxylic acids is 2. The van der Waals surface area contributed by atoms with Gasteiger partial charge in [-0.3, -0.25) is 9.59 Å². The summed E-state index contributed by atoms with van der Waals surface area (Å²) in [5.74, 6) is -2.49. The molecule has 80 valence electrons. The summed E-state index contributed by atoms with van der Waals surface area (Å²) in [5.41, 5.74) is 0. The van der Waals surface area contributed by atoms with Gasteiger partial charge in [0.05, 0.1) is 11.8 Å². The van der Waals surface area contributed by atoms with E-state index in [2.05, 4.69) is 0 Å². The Morgan fingerprint density at radius 2 is 1.29 bits per heavy atom. The Morgan fingerprint density at radius 3 is 1.50 bits per heavy atom. The highest BCUT2D eigenvalue weighted by molar-refractivity contribution is 5.70. The Labute approximate surface area is 83.2 Å². The summed E-state index contributed by atoms with van der Waals surface area (Å²) in [6, 6.07) is 0. The average Bonchev–Trinajstić information content (AvgIpc) is 2.11. The lowest BCUT2D eigenvalue weighted by molar-refractivity contribution is -0.142. The van der Waals surface area contributed by atoms with Crippen molar-refractivity contribution in [3.05, 3.63) is 12.2 Å². The van der Waals surface area contributed by atoms with E-state index in [0.29, 0.717) is 12.8 Å². The molecule has 4 nitrogen and oxygen atoms in total. The van der Waals surface area contributed by atoms with E-state index in [0.717, 1.165) is 0 Å². The normalized spacial score (nSPS) is 15.3. The lowest BCUT2D eigenvalue weighted by atomic mass is 10.1. The summed E-state index contributed by atoms with van der Waals surface area (Å²) in [6.07, 6.45) is 4.33. The molecule has 0 saturated heterocycles. The van der Waals surface area contributed by atoms with Crippen LogP contribution in [0, 0.1) is 11.8 Å². The van der Waals surface area contributed by atoms with Crippen LogP contribution in [-0.2, 0) is 9.59 Å². The zero-order chi connectivity index (χ0) is 11.1. The van der Waals surface area contributed by atoms with Crippen LogP contribution >= 0.6 is 0 Å². The van der Waals surface area contributed by atoms with Crippen molar-refractivity contribution in [2.45, 2.75) is 26.7 Å². The van der Waals surface area contributed by atoms with Gasteiger partial charge < -0.3 is 10.2 Å². The highest BCUT2D eigenvalue weighted by Gasteiger charge is 2.09. The number of rotatable bonds is 6. The molecule has 0 radical (unpaired) electrons. The van der Waals surface area contributed by atoms with Gasteiger partial charge >= 0.3 is 11.9 Å². The zero-order valence-electron chi connectivity index (χ0n) is 8.43. The fourth-order valence-corrected chi connectivity index (χ4v) is 0.802. The van der Waals surface area contributed by atoms with E-state index in [4.69, 9.17) is 10.2 Å². The highest BCUT2D eigenvalue weighted by Crippen LogP contribution is 2.06. The second-order valence-corrected chi connectivity index (χ2v) is 3.42. The smallest absolute Gasteiger partial charge is 0.306 e. The molecule has 0 fully saturated rings. The first-order valence-electron chi connectivity index (χ1n) is 4.55. The Hall–Kier alpha value is -1.32. The maximum Gasteiger partial charge on any atom is 0.306 e. The van der Waals surface area contributed by atoms with E-state index in [9.17, 15) is 9.59 Å².